The molecule has 0 fully saturated rings. The van der Waals surface area contributed by atoms with Gasteiger partial charge in [-0.15, -0.1) is 0 Å². The van der Waals surface area contributed by atoms with Crippen molar-refractivity contribution in [1.82, 2.24) is 0 Å². The summed E-state index contributed by atoms with van der Waals surface area (Å²) in [5.41, 5.74) is 4.68. The van der Waals surface area contributed by atoms with Gasteiger partial charge in [0.1, 0.15) is 11.5 Å². The number of amides is 1. The number of anilines is 1. The molecule has 3 rings (SSSR count). The summed E-state index contributed by atoms with van der Waals surface area (Å²) in [7, 11) is 0. The molecule has 172 valence electrons. The van der Waals surface area contributed by atoms with Gasteiger partial charge in [-0.3, -0.25) is 9.59 Å². The highest BCUT2D eigenvalue weighted by atomic mass is 16.5. The Hall–Kier alpha value is -3.60. The van der Waals surface area contributed by atoms with Crippen molar-refractivity contribution in [3.05, 3.63) is 89.0 Å². The molecule has 1 N–H and O–H groups in total. The van der Waals surface area contributed by atoms with Gasteiger partial charge < -0.3 is 14.8 Å². The van der Waals surface area contributed by atoms with Gasteiger partial charge in [-0.05, 0) is 79.8 Å². The van der Waals surface area contributed by atoms with Crippen molar-refractivity contribution in [3.8, 4) is 11.5 Å². The molecule has 3 aromatic carbocycles. The number of aryl methyl sites for hydroxylation is 2. The summed E-state index contributed by atoms with van der Waals surface area (Å²) in [4.78, 5) is 24.6. The number of carbonyl (C=O) groups excluding carboxylic acids is 2. The van der Waals surface area contributed by atoms with Gasteiger partial charge >= 0.3 is 5.97 Å². The summed E-state index contributed by atoms with van der Waals surface area (Å²) >= 11 is 0. The predicted molar refractivity (Wildman–Crippen MR) is 131 cm³/mol. The first kappa shape index (κ1) is 24.1. The topological polar surface area (TPSA) is 64.6 Å². The summed E-state index contributed by atoms with van der Waals surface area (Å²) in [6, 6.07) is 20.4. The Balaban J connectivity index is 1.42. The number of hydrogen-bond donors (Lipinski definition) is 1. The SMILES string of the molecule is Cc1ccc(NC(=O)c2ccc(OC(=O)CCCOc3ccc(C(C)C)cc3)cc2)c(C)c1. The molecule has 0 aliphatic rings. The maximum atomic E-state index is 12.5. The molecule has 0 aromatic heterocycles. The van der Waals surface area contributed by atoms with E-state index in [1.54, 1.807) is 24.3 Å². The number of rotatable bonds is 9. The fourth-order valence-corrected chi connectivity index (χ4v) is 3.36. The molecule has 0 heterocycles. The van der Waals surface area contributed by atoms with Crippen molar-refractivity contribution in [2.24, 2.45) is 0 Å². The molecule has 0 atom stereocenters. The summed E-state index contributed by atoms with van der Waals surface area (Å²) in [6.45, 7) is 8.70. The van der Waals surface area contributed by atoms with E-state index in [0.29, 0.717) is 30.3 Å². The summed E-state index contributed by atoms with van der Waals surface area (Å²) in [6.07, 6.45) is 0.806. The van der Waals surface area contributed by atoms with E-state index in [-0.39, 0.29) is 18.3 Å². The van der Waals surface area contributed by atoms with E-state index in [4.69, 9.17) is 9.47 Å². The maximum absolute atomic E-state index is 12.5. The molecule has 3 aromatic rings. The van der Waals surface area contributed by atoms with Crippen molar-refractivity contribution in [1.29, 1.82) is 0 Å². The summed E-state index contributed by atoms with van der Waals surface area (Å²) in [5.74, 6) is 1.14. The number of hydrogen-bond acceptors (Lipinski definition) is 4. The highest BCUT2D eigenvalue weighted by molar-refractivity contribution is 6.04. The molecule has 0 saturated carbocycles. The first-order valence-corrected chi connectivity index (χ1v) is 11.2. The third-order valence-corrected chi connectivity index (χ3v) is 5.32. The fraction of sp³-hybridized carbons (Fsp3) is 0.286. The van der Waals surface area contributed by atoms with Crippen LogP contribution in [0.3, 0.4) is 0 Å². The quantitative estimate of drug-likeness (QED) is 0.234. The van der Waals surface area contributed by atoms with E-state index in [0.717, 1.165) is 22.6 Å². The second-order valence-corrected chi connectivity index (χ2v) is 8.45. The Labute approximate surface area is 195 Å². The highest BCUT2D eigenvalue weighted by Gasteiger charge is 2.10. The number of nitrogens with one attached hydrogen (secondary N) is 1. The molecular formula is C28H31NO4. The van der Waals surface area contributed by atoms with E-state index in [1.807, 2.05) is 44.2 Å². The Morgan fingerprint density at radius 3 is 2.18 bits per heavy atom. The number of ether oxygens (including phenoxy) is 2. The van der Waals surface area contributed by atoms with E-state index >= 15 is 0 Å². The van der Waals surface area contributed by atoms with Gasteiger partial charge in [0.15, 0.2) is 0 Å². The second kappa shape index (κ2) is 11.3. The van der Waals surface area contributed by atoms with Crippen LogP contribution in [-0.2, 0) is 4.79 Å². The zero-order chi connectivity index (χ0) is 23.8. The highest BCUT2D eigenvalue weighted by Crippen LogP contribution is 2.20. The average molecular weight is 446 g/mol. The van der Waals surface area contributed by atoms with Gasteiger partial charge in [-0.2, -0.15) is 0 Å². The smallest absolute Gasteiger partial charge is 0.311 e. The minimum Gasteiger partial charge on any atom is -0.494 e. The van der Waals surface area contributed by atoms with Crippen LogP contribution < -0.4 is 14.8 Å². The minimum absolute atomic E-state index is 0.210. The van der Waals surface area contributed by atoms with Crippen LogP contribution in [-0.4, -0.2) is 18.5 Å². The molecule has 0 saturated heterocycles. The molecular weight excluding hydrogens is 414 g/mol. The van der Waals surface area contributed by atoms with Crippen LogP contribution in [0.15, 0.2) is 66.7 Å². The van der Waals surface area contributed by atoms with E-state index in [9.17, 15) is 9.59 Å². The summed E-state index contributed by atoms with van der Waals surface area (Å²) in [5, 5.41) is 2.91. The van der Waals surface area contributed by atoms with Gasteiger partial charge in [-0.1, -0.05) is 43.7 Å². The van der Waals surface area contributed by atoms with Crippen molar-refractivity contribution in [2.45, 2.75) is 46.5 Å². The molecule has 5 heteroatoms. The lowest BCUT2D eigenvalue weighted by Gasteiger charge is -2.10. The molecule has 0 radical (unpaired) electrons. The normalized spacial score (nSPS) is 10.7. The van der Waals surface area contributed by atoms with E-state index in [2.05, 4.69) is 31.3 Å². The van der Waals surface area contributed by atoms with Crippen molar-refractivity contribution in [2.75, 3.05) is 11.9 Å². The van der Waals surface area contributed by atoms with Crippen molar-refractivity contribution >= 4 is 17.6 Å². The number of esters is 1. The lowest BCUT2D eigenvalue weighted by Crippen LogP contribution is -2.13. The molecule has 33 heavy (non-hydrogen) atoms. The lowest BCUT2D eigenvalue weighted by molar-refractivity contribution is -0.134. The van der Waals surface area contributed by atoms with Gasteiger partial charge in [0.25, 0.3) is 5.91 Å². The monoisotopic (exact) mass is 445 g/mol. The van der Waals surface area contributed by atoms with E-state index in [1.165, 1.54) is 5.56 Å². The van der Waals surface area contributed by atoms with Gasteiger partial charge in [0.05, 0.1) is 6.61 Å². The molecule has 5 nitrogen and oxygen atoms in total. The molecule has 0 spiro atoms. The average Bonchev–Trinajstić information content (AvgIpc) is 2.79. The molecule has 0 aliphatic carbocycles. The van der Waals surface area contributed by atoms with Crippen LogP contribution in [0.1, 0.15) is 59.7 Å². The number of carbonyl (C=O) groups is 2. The van der Waals surface area contributed by atoms with Crippen LogP contribution in [0.25, 0.3) is 0 Å². The largest absolute Gasteiger partial charge is 0.494 e. The van der Waals surface area contributed by atoms with Crippen LogP contribution in [0.4, 0.5) is 5.69 Å². The Bertz CT molecular complexity index is 1090. The fourth-order valence-electron chi connectivity index (χ4n) is 3.36. The van der Waals surface area contributed by atoms with Crippen LogP contribution in [0, 0.1) is 13.8 Å². The zero-order valence-corrected chi connectivity index (χ0v) is 19.7. The van der Waals surface area contributed by atoms with E-state index < -0.39 is 0 Å². The Morgan fingerprint density at radius 1 is 0.879 bits per heavy atom. The third kappa shape index (κ3) is 7.21. The molecule has 0 unspecified atom stereocenters. The van der Waals surface area contributed by atoms with Crippen molar-refractivity contribution < 1.29 is 19.1 Å². The molecule has 0 aliphatic heterocycles. The lowest BCUT2D eigenvalue weighted by atomic mass is 10.0. The maximum Gasteiger partial charge on any atom is 0.311 e. The first-order chi connectivity index (χ1) is 15.8. The zero-order valence-electron chi connectivity index (χ0n) is 19.7. The Kier molecular flexibility index (Phi) is 8.25. The van der Waals surface area contributed by atoms with Gasteiger partial charge in [0, 0.05) is 17.7 Å². The predicted octanol–water partition coefficient (Wildman–Crippen LogP) is 6.44. The van der Waals surface area contributed by atoms with Crippen LogP contribution in [0.5, 0.6) is 11.5 Å². The van der Waals surface area contributed by atoms with Crippen molar-refractivity contribution in [3.63, 3.8) is 0 Å². The van der Waals surface area contributed by atoms with Gasteiger partial charge in [-0.25, -0.2) is 0 Å². The van der Waals surface area contributed by atoms with Gasteiger partial charge in [0.2, 0.25) is 0 Å². The third-order valence-electron chi connectivity index (χ3n) is 5.32. The Morgan fingerprint density at radius 2 is 1.55 bits per heavy atom. The number of benzene rings is 3. The standard InChI is InChI=1S/C28H31NO4/c1-19(2)22-8-12-24(13-9-22)32-17-5-6-27(30)33-25-14-10-23(11-15-25)28(31)29-26-16-7-20(3)18-21(26)4/h7-16,18-19H,5-6,17H2,1-4H3,(H,29,31). The van der Waals surface area contributed by atoms with Crippen LogP contribution in [0.2, 0.25) is 0 Å². The first-order valence-electron chi connectivity index (χ1n) is 11.2. The molecule has 1 amide bonds. The minimum atomic E-state index is -0.332. The second-order valence-electron chi connectivity index (χ2n) is 8.45. The summed E-state index contributed by atoms with van der Waals surface area (Å²) < 4.78 is 11.1. The van der Waals surface area contributed by atoms with Crippen LogP contribution >= 0.6 is 0 Å². The molecule has 0 bridgehead atoms.